The van der Waals surface area contributed by atoms with Crippen molar-refractivity contribution in [2.24, 2.45) is 0 Å². The summed E-state index contributed by atoms with van der Waals surface area (Å²) in [5, 5.41) is 54.5. The maximum absolute atomic E-state index is 9.97. The van der Waals surface area contributed by atoms with E-state index in [2.05, 4.69) is 9.78 Å². The summed E-state index contributed by atoms with van der Waals surface area (Å²) in [7, 11) is 0. The number of rotatable bonds is 6. The van der Waals surface area contributed by atoms with Gasteiger partial charge in [-0.3, -0.25) is 0 Å². The molecule has 14 heteroatoms. The molecule has 12 nitrogen and oxygen atoms in total. The Balaban J connectivity index is -0.000000135. The van der Waals surface area contributed by atoms with E-state index in [1.165, 1.54) is 0 Å². The van der Waals surface area contributed by atoms with Crippen LogP contribution in [0.3, 0.4) is 0 Å². The fourth-order valence-electron chi connectivity index (χ4n) is 0.593. The SMILES string of the molecule is O=C([O-])CC(O)C(=O)O[O-].O=C([O-])CC(O)C(=O)O[O-].[Cu+2].[Cu+2]. The molecular formula is C8H8Cu2O12. The zero-order valence-corrected chi connectivity index (χ0v) is 12.0. The Kier molecular flexibility index (Phi) is 21.2. The average molecular weight is 423 g/mol. The average Bonchev–Trinajstić information content (AvgIpc) is 2.35. The van der Waals surface area contributed by atoms with Gasteiger partial charge in [0.15, 0.2) is 12.2 Å². The van der Waals surface area contributed by atoms with Crippen molar-refractivity contribution in [2.45, 2.75) is 25.0 Å². The van der Waals surface area contributed by atoms with Gasteiger partial charge in [0.2, 0.25) is 0 Å². The minimum Gasteiger partial charge on any atom is -0.662 e. The second-order valence-electron chi connectivity index (χ2n) is 2.99. The molecule has 0 aromatic heterocycles. The molecule has 134 valence electrons. The van der Waals surface area contributed by atoms with Crippen LogP contribution in [0.2, 0.25) is 0 Å². The summed E-state index contributed by atoms with van der Waals surface area (Å²) < 4.78 is 0. The third-order valence-electron chi connectivity index (χ3n) is 1.43. The third-order valence-corrected chi connectivity index (χ3v) is 1.43. The molecule has 0 aliphatic heterocycles. The summed E-state index contributed by atoms with van der Waals surface area (Å²) in [5.74, 6) is -6.30. The topological polar surface area (TPSA) is 219 Å². The molecule has 0 aromatic carbocycles. The Hall–Kier alpha value is -1.24. The van der Waals surface area contributed by atoms with Gasteiger partial charge in [-0.25, -0.2) is 9.59 Å². The fourth-order valence-corrected chi connectivity index (χ4v) is 0.593. The molecule has 0 bridgehead atoms. The van der Waals surface area contributed by atoms with E-state index in [9.17, 15) is 39.9 Å². The van der Waals surface area contributed by atoms with Crippen LogP contribution in [0.25, 0.3) is 0 Å². The first kappa shape index (κ1) is 28.9. The fraction of sp³-hybridized carbons (Fsp3) is 0.500. The maximum Gasteiger partial charge on any atom is 2.00 e. The molecule has 2 unspecified atom stereocenters. The van der Waals surface area contributed by atoms with Crippen LogP contribution in [-0.2, 0) is 63.1 Å². The Labute approximate surface area is 143 Å². The number of hydrogen-bond donors (Lipinski definition) is 2. The van der Waals surface area contributed by atoms with Crippen molar-refractivity contribution in [3.8, 4) is 0 Å². The van der Waals surface area contributed by atoms with Crippen LogP contribution < -0.4 is 20.7 Å². The van der Waals surface area contributed by atoms with Crippen LogP contribution in [0.4, 0.5) is 0 Å². The largest absolute Gasteiger partial charge is 2.00 e. The first-order valence-corrected chi connectivity index (χ1v) is 4.58. The molecule has 0 aliphatic carbocycles. The Morgan fingerprint density at radius 3 is 1.14 bits per heavy atom. The van der Waals surface area contributed by atoms with Gasteiger partial charge in [0, 0.05) is 24.8 Å². The molecule has 22 heavy (non-hydrogen) atoms. The molecule has 0 heterocycles. The summed E-state index contributed by atoms with van der Waals surface area (Å²) in [6.45, 7) is 0. The van der Waals surface area contributed by atoms with Gasteiger partial charge in [0.25, 0.3) is 0 Å². The molecule has 0 aromatic rings. The molecule has 0 amide bonds. The van der Waals surface area contributed by atoms with Crippen molar-refractivity contribution in [3.63, 3.8) is 0 Å². The van der Waals surface area contributed by atoms with Gasteiger partial charge < -0.3 is 50.3 Å². The molecule has 0 saturated heterocycles. The van der Waals surface area contributed by atoms with Crippen LogP contribution in [0.1, 0.15) is 12.8 Å². The van der Waals surface area contributed by atoms with Crippen molar-refractivity contribution in [1.82, 2.24) is 0 Å². The van der Waals surface area contributed by atoms with Crippen LogP contribution in [0, 0.1) is 0 Å². The van der Waals surface area contributed by atoms with E-state index in [1.807, 2.05) is 0 Å². The zero-order chi connectivity index (χ0) is 16.3. The second-order valence-corrected chi connectivity index (χ2v) is 2.99. The van der Waals surface area contributed by atoms with Gasteiger partial charge in [-0.2, -0.15) is 0 Å². The van der Waals surface area contributed by atoms with Gasteiger partial charge in [-0.05, 0) is 0 Å². The van der Waals surface area contributed by atoms with E-state index in [-0.39, 0.29) is 34.1 Å². The van der Waals surface area contributed by atoms with Crippen molar-refractivity contribution in [1.29, 1.82) is 0 Å². The standard InChI is InChI=1S/2C4H6O6.2Cu/c2*5-2(1-3(6)7)4(8)10-9;;/h2*2,5,9H,1H2,(H,6,7);;/q;;2*+2/p-4. The van der Waals surface area contributed by atoms with E-state index < -0.39 is 48.9 Å². The maximum atomic E-state index is 9.97. The first-order valence-electron chi connectivity index (χ1n) is 4.58. The van der Waals surface area contributed by atoms with E-state index >= 15 is 0 Å². The predicted octanol–water partition coefficient (Wildman–Crippen LogP) is -7.39. The number of carboxylic acids is 2. The number of carbonyl (C=O) groups is 4. The molecule has 0 fully saturated rings. The number of aliphatic carboxylic acids is 2. The van der Waals surface area contributed by atoms with Crippen LogP contribution in [0.15, 0.2) is 0 Å². The normalized spacial score (nSPS) is 11.1. The first-order chi connectivity index (χ1) is 9.15. The zero-order valence-electron chi connectivity index (χ0n) is 10.1. The van der Waals surface area contributed by atoms with E-state index in [0.29, 0.717) is 0 Å². The van der Waals surface area contributed by atoms with E-state index in [4.69, 9.17) is 10.2 Å². The second kappa shape index (κ2) is 16.1. The molecule has 0 saturated carbocycles. The minimum atomic E-state index is -1.93. The number of carboxylic acid groups (broad SMARTS) is 2. The summed E-state index contributed by atoms with van der Waals surface area (Å²) in [4.78, 5) is 44.8. The number of hydrogen-bond acceptors (Lipinski definition) is 12. The molecule has 0 rings (SSSR count). The quantitative estimate of drug-likeness (QED) is 0.231. The number of aliphatic hydroxyl groups excluding tert-OH is 2. The Morgan fingerprint density at radius 2 is 1.00 bits per heavy atom. The van der Waals surface area contributed by atoms with Crippen LogP contribution in [0.5, 0.6) is 0 Å². The summed E-state index contributed by atoms with van der Waals surface area (Å²) in [5.41, 5.74) is 0. The molecule has 2 N–H and O–H groups in total. The summed E-state index contributed by atoms with van der Waals surface area (Å²) in [6, 6.07) is 0. The molecule has 0 spiro atoms. The van der Waals surface area contributed by atoms with E-state index in [0.717, 1.165) is 0 Å². The predicted molar refractivity (Wildman–Crippen MR) is 43.4 cm³/mol. The van der Waals surface area contributed by atoms with Crippen molar-refractivity contribution in [2.75, 3.05) is 0 Å². The molecular weight excluding hydrogens is 415 g/mol. The van der Waals surface area contributed by atoms with Gasteiger partial charge >= 0.3 is 46.1 Å². The molecule has 0 aliphatic rings. The smallest absolute Gasteiger partial charge is 0.662 e. The number of aliphatic hydroxyl groups is 2. The van der Waals surface area contributed by atoms with Gasteiger partial charge in [0.05, 0.1) is 0 Å². The number of carbonyl (C=O) groups excluding carboxylic acids is 4. The minimum absolute atomic E-state index is 0. The van der Waals surface area contributed by atoms with Gasteiger partial charge in [0.1, 0.15) is 0 Å². The van der Waals surface area contributed by atoms with Crippen molar-refractivity contribution >= 4 is 23.9 Å². The van der Waals surface area contributed by atoms with E-state index in [1.54, 1.807) is 0 Å². The van der Waals surface area contributed by atoms with Crippen LogP contribution in [-0.4, -0.2) is 46.3 Å². The van der Waals surface area contributed by atoms with Crippen LogP contribution >= 0.6 is 0 Å². The molecule has 2 atom stereocenters. The third kappa shape index (κ3) is 16.8. The monoisotopic (exact) mass is 422 g/mol. The summed E-state index contributed by atoms with van der Waals surface area (Å²) >= 11 is 0. The molecule has 2 radical (unpaired) electrons. The van der Waals surface area contributed by atoms with Gasteiger partial charge in [-0.1, -0.05) is 0 Å². The Morgan fingerprint density at radius 1 is 0.773 bits per heavy atom. The van der Waals surface area contributed by atoms with Gasteiger partial charge in [-0.15, -0.1) is 0 Å². The summed E-state index contributed by atoms with van der Waals surface area (Å²) in [6.07, 6.45) is -5.72. The van der Waals surface area contributed by atoms with Crippen molar-refractivity contribution in [3.05, 3.63) is 0 Å². The Bertz CT molecular complexity index is 325. The van der Waals surface area contributed by atoms with Crippen molar-refractivity contribution < 1.29 is 94.0 Å².